The van der Waals surface area contributed by atoms with Crippen molar-refractivity contribution in [2.75, 3.05) is 11.9 Å². The Morgan fingerprint density at radius 1 is 0.621 bits per heavy atom. The lowest BCUT2D eigenvalue weighted by Gasteiger charge is -2.12. The number of hydrogen-bond acceptors (Lipinski definition) is 2. The average molecular weight is 377 g/mol. The zero-order chi connectivity index (χ0) is 19.9. The molecular weight excluding hydrogens is 354 g/mol. The van der Waals surface area contributed by atoms with E-state index in [0.717, 1.165) is 28.8 Å². The molecule has 142 valence electrons. The van der Waals surface area contributed by atoms with Crippen molar-refractivity contribution >= 4 is 11.5 Å². The standard InChI is InChI=1S/C27H23NO/c29-27(24-17-15-23(16-18-24)22-11-5-2-6-12-22)20-28-26-14-8-7-13-25(26)19-21-9-3-1-4-10-21/h1-18,28H,19-20H2. The van der Waals surface area contributed by atoms with E-state index in [2.05, 4.69) is 35.6 Å². The quantitative estimate of drug-likeness (QED) is 0.386. The lowest BCUT2D eigenvalue weighted by atomic mass is 10.0. The molecule has 0 saturated heterocycles. The first-order valence-corrected chi connectivity index (χ1v) is 9.84. The first kappa shape index (κ1) is 18.7. The van der Waals surface area contributed by atoms with Crippen molar-refractivity contribution in [1.82, 2.24) is 0 Å². The van der Waals surface area contributed by atoms with Crippen molar-refractivity contribution in [3.8, 4) is 11.1 Å². The van der Waals surface area contributed by atoms with Gasteiger partial charge in [-0.05, 0) is 34.7 Å². The Labute approximate surface area is 171 Å². The third kappa shape index (κ3) is 4.80. The summed E-state index contributed by atoms with van der Waals surface area (Å²) in [7, 11) is 0. The van der Waals surface area contributed by atoms with Crippen molar-refractivity contribution in [3.63, 3.8) is 0 Å². The van der Waals surface area contributed by atoms with E-state index in [0.29, 0.717) is 0 Å². The fourth-order valence-corrected chi connectivity index (χ4v) is 3.42. The van der Waals surface area contributed by atoms with Gasteiger partial charge in [-0.3, -0.25) is 4.79 Å². The van der Waals surface area contributed by atoms with Gasteiger partial charge in [-0.2, -0.15) is 0 Å². The lowest BCUT2D eigenvalue weighted by Crippen LogP contribution is -2.15. The summed E-state index contributed by atoms with van der Waals surface area (Å²) in [5.74, 6) is 0.0825. The van der Waals surface area contributed by atoms with Crippen molar-refractivity contribution < 1.29 is 4.79 Å². The smallest absolute Gasteiger partial charge is 0.181 e. The van der Waals surface area contributed by atoms with E-state index in [1.807, 2.05) is 78.9 Å². The van der Waals surface area contributed by atoms with E-state index >= 15 is 0 Å². The number of nitrogens with one attached hydrogen (secondary N) is 1. The lowest BCUT2D eigenvalue weighted by molar-refractivity contribution is 0.101. The maximum absolute atomic E-state index is 12.7. The zero-order valence-electron chi connectivity index (χ0n) is 16.2. The summed E-state index contributed by atoms with van der Waals surface area (Å²) in [5, 5.41) is 3.33. The molecule has 0 aliphatic carbocycles. The highest BCUT2D eigenvalue weighted by molar-refractivity contribution is 5.99. The maximum Gasteiger partial charge on any atom is 0.181 e. The summed E-state index contributed by atoms with van der Waals surface area (Å²) >= 11 is 0. The average Bonchev–Trinajstić information content (AvgIpc) is 2.80. The molecular formula is C27H23NO. The van der Waals surface area contributed by atoms with Crippen LogP contribution in [-0.2, 0) is 6.42 Å². The van der Waals surface area contributed by atoms with Gasteiger partial charge in [-0.15, -0.1) is 0 Å². The minimum absolute atomic E-state index is 0.0825. The van der Waals surface area contributed by atoms with Gasteiger partial charge >= 0.3 is 0 Å². The molecule has 4 aromatic rings. The molecule has 0 radical (unpaired) electrons. The van der Waals surface area contributed by atoms with Crippen LogP contribution in [0.2, 0.25) is 0 Å². The van der Waals surface area contributed by atoms with Crippen LogP contribution in [0.4, 0.5) is 5.69 Å². The van der Waals surface area contributed by atoms with E-state index in [4.69, 9.17) is 0 Å². The molecule has 4 aromatic carbocycles. The Bertz CT molecular complexity index is 1070. The van der Waals surface area contributed by atoms with Gasteiger partial charge in [0.2, 0.25) is 0 Å². The second-order valence-corrected chi connectivity index (χ2v) is 7.04. The number of para-hydroxylation sites is 1. The Kier molecular flexibility index (Phi) is 5.82. The predicted molar refractivity (Wildman–Crippen MR) is 120 cm³/mol. The molecule has 0 atom stereocenters. The molecule has 0 fully saturated rings. The zero-order valence-corrected chi connectivity index (χ0v) is 16.2. The highest BCUT2D eigenvalue weighted by Gasteiger charge is 2.08. The highest BCUT2D eigenvalue weighted by Crippen LogP contribution is 2.21. The SMILES string of the molecule is O=C(CNc1ccccc1Cc1ccccc1)c1ccc(-c2ccccc2)cc1. The summed E-state index contributed by atoms with van der Waals surface area (Å²) in [6, 6.07) is 36.5. The number of carbonyl (C=O) groups is 1. The van der Waals surface area contributed by atoms with Crippen molar-refractivity contribution in [2.45, 2.75) is 6.42 Å². The van der Waals surface area contributed by atoms with E-state index in [1.165, 1.54) is 11.1 Å². The van der Waals surface area contributed by atoms with Crippen molar-refractivity contribution in [3.05, 3.63) is 126 Å². The fourth-order valence-electron chi connectivity index (χ4n) is 3.42. The van der Waals surface area contributed by atoms with Gasteiger partial charge < -0.3 is 5.32 Å². The topological polar surface area (TPSA) is 29.1 Å². The summed E-state index contributed by atoms with van der Waals surface area (Å²) in [6.45, 7) is 0.274. The number of benzene rings is 4. The molecule has 0 bridgehead atoms. The predicted octanol–water partition coefficient (Wildman–Crippen LogP) is 6.24. The van der Waals surface area contributed by atoms with Crippen LogP contribution in [0.5, 0.6) is 0 Å². The molecule has 1 N–H and O–H groups in total. The molecule has 0 spiro atoms. The number of rotatable bonds is 7. The number of carbonyl (C=O) groups excluding carboxylic acids is 1. The van der Waals surface area contributed by atoms with Crippen LogP contribution < -0.4 is 5.32 Å². The highest BCUT2D eigenvalue weighted by atomic mass is 16.1. The van der Waals surface area contributed by atoms with Crippen LogP contribution in [0.25, 0.3) is 11.1 Å². The molecule has 0 aliphatic rings. The van der Waals surface area contributed by atoms with Crippen LogP contribution in [0, 0.1) is 0 Å². The van der Waals surface area contributed by atoms with Gasteiger partial charge in [-0.1, -0.05) is 103 Å². The maximum atomic E-state index is 12.7. The molecule has 29 heavy (non-hydrogen) atoms. The van der Waals surface area contributed by atoms with Gasteiger partial charge in [0.15, 0.2) is 5.78 Å². The molecule has 4 rings (SSSR count). The molecule has 0 unspecified atom stereocenters. The van der Waals surface area contributed by atoms with Gasteiger partial charge in [0.1, 0.15) is 0 Å². The summed E-state index contributed by atoms with van der Waals surface area (Å²) in [4.78, 5) is 12.7. The minimum Gasteiger partial charge on any atom is -0.377 e. The van der Waals surface area contributed by atoms with Crippen LogP contribution in [0.3, 0.4) is 0 Å². The Hall–Kier alpha value is -3.65. The van der Waals surface area contributed by atoms with E-state index in [1.54, 1.807) is 0 Å². The van der Waals surface area contributed by atoms with Crippen LogP contribution >= 0.6 is 0 Å². The Morgan fingerprint density at radius 3 is 1.93 bits per heavy atom. The van der Waals surface area contributed by atoms with Crippen LogP contribution in [0.15, 0.2) is 109 Å². The fraction of sp³-hybridized carbons (Fsp3) is 0.0741. The van der Waals surface area contributed by atoms with Crippen molar-refractivity contribution in [1.29, 1.82) is 0 Å². The largest absolute Gasteiger partial charge is 0.377 e. The summed E-state index contributed by atoms with van der Waals surface area (Å²) in [6.07, 6.45) is 0.837. The van der Waals surface area contributed by atoms with Gasteiger partial charge in [0, 0.05) is 11.3 Å². The third-order valence-corrected chi connectivity index (χ3v) is 5.01. The first-order chi connectivity index (χ1) is 14.3. The second-order valence-electron chi connectivity index (χ2n) is 7.04. The third-order valence-electron chi connectivity index (χ3n) is 5.01. The van der Waals surface area contributed by atoms with Crippen LogP contribution in [0.1, 0.15) is 21.5 Å². The molecule has 0 aromatic heterocycles. The molecule has 0 aliphatic heterocycles. The van der Waals surface area contributed by atoms with E-state index < -0.39 is 0 Å². The second kappa shape index (κ2) is 9.03. The molecule has 0 saturated carbocycles. The minimum atomic E-state index is 0.0825. The van der Waals surface area contributed by atoms with Gasteiger partial charge in [-0.25, -0.2) is 0 Å². The summed E-state index contributed by atoms with van der Waals surface area (Å²) in [5.41, 5.74) is 6.43. The number of Topliss-reactive ketones (excluding diaryl/α,β-unsaturated/α-hetero) is 1. The number of anilines is 1. The first-order valence-electron chi connectivity index (χ1n) is 9.84. The normalized spacial score (nSPS) is 10.5. The van der Waals surface area contributed by atoms with Crippen molar-refractivity contribution in [2.24, 2.45) is 0 Å². The van der Waals surface area contributed by atoms with Crippen LogP contribution in [-0.4, -0.2) is 12.3 Å². The van der Waals surface area contributed by atoms with E-state index in [9.17, 15) is 4.79 Å². The van der Waals surface area contributed by atoms with E-state index in [-0.39, 0.29) is 12.3 Å². The molecule has 2 heteroatoms. The number of hydrogen-bond donors (Lipinski definition) is 1. The molecule has 0 heterocycles. The van der Waals surface area contributed by atoms with Gasteiger partial charge in [0.25, 0.3) is 0 Å². The van der Waals surface area contributed by atoms with Gasteiger partial charge in [0.05, 0.1) is 6.54 Å². The summed E-state index contributed by atoms with van der Waals surface area (Å²) < 4.78 is 0. The molecule has 2 nitrogen and oxygen atoms in total. The Balaban J connectivity index is 1.42. The molecule has 0 amide bonds. The monoisotopic (exact) mass is 377 g/mol. The Morgan fingerprint density at radius 2 is 1.21 bits per heavy atom. The number of ketones is 1.